The molecular formula is C32H49NO3. The summed E-state index contributed by atoms with van der Waals surface area (Å²) >= 11 is 0. The van der Waals surface area contributed by atoms with Gasteiger partial charge in [-0.25, -0.2) is 0 Å². The molecule has 200 valence electrons. The molecule has 0 aliphatic heterocycles. The number of hydrogen-bond donors (Lipinski definition) is 1. The van der Waals surface area contributed by atoms with E-state index in [-0.39, 0.29) is 34.6 Å². The van der Waals surface area contributed by atoms with Crippen molar-refractivity contribution in [3.05, 3.63) is 11.6 Å². The Morgan fingerprint density at radius 1 is 1.00 bits per heavy atom. The highest BCUT2D eigenvalue weighted by molar-refractivity contribution is 5.80. The number of nitriles is 1. The molecule has 0 saturated heterocycles. The molecule has 6 aliphatic rings. The fourth-order valence-electron chi connectivity index (χ4n) is 9.88. The normalized spacial score (nSPS) is 44.5. The van der Waals surface area contributed by atoms with Gasteiger partial charge < -0.3 is 9.84 Å². The number of allylic oxidation sites excluding steroid dienone is 1. The summed E-state index contributed by atoms with van der Waals surface area (Å²) < 4.78 is 5.97. The van der Waals surface area contributed by atoms with Crippen molar-refractivity contribution in [1.82, 2.24) is 0 Å². The minimum Gasteiger partial charge on any atom is -0.393 e. The zero-order chi connectivity index (χ0) is 25.5. The van der Waals surface area contributed by atoms with E-state index in [9.17, 15) is 15.2 Å². The van der Waals surface area contributed by atoms with Crippen LogP contribution in [-0.4, -0.2) is 29.2 Å². The number of rotatable bonds is 3. The second-order valence-electron chi connectivity index (χ2n) is 13.7. The van der Waals surface area contributed by atoms with Crippen molar-refractivity contribution in [2.45, 2.75) is 135 Å². The standard InChI is InChI=1S/C22H31NO2.C10H18O/c1-13(24)20-14(12-23)10-19-17-5-4-15-11-16(25)6-8-21(15,2)18(17)7-9-22(19,20)3;1-2-6-9(5-1)11-10-7-3-4-8-10/h4,14,16-20,25H,5-11H2,1-3H3;9-10H,1-8H2/t14?,16?,17-,18+,19+,20+,21+,22+;/m1./s1. The van der Waals surface area contributed by atoms with Crippen LogP contribution >= 0.6 is 0 Å². The van der Waals surface area contributed by atoms with E-state index in [1.54, 1.807) is 6.92 Å². The molecule has 4 nitrogen and oxygen atoms in total. The Balaban J connectivity index is 0.000000202. The topological polar surface area (TPSA) is 70.3 Å². The van der Waals surface area contributed by atoms with E-state index in [1.807, 2.05) is 0 Å². The number of aliphatic hydroxyl groups excluding tert-OH is 1. The highest BCUT2D eigenvalue weighted by atomic mass is 16.5. The van der Waals surface area contributed by atoms with E-state index in [1.165, 1.54) is 63.4 Å². The number of aliphatic hydroxyl groups is 1. The quantitative estimate of drug-likeness (QED) is 0.422. The van der Waals surface area contributed by atoms with Crippen LogP contribution in [0.25, 0.3) is 0 Å². The van der Waals surface area contributed by atoms with Gasteiger partial charge in [0, 0.05) is 5.92 Å². The first kappa shape index (κ1) is 26.4. The van der Waals surface area contributed by atoms with Crippen LogP contribution in [0.4, 0.5) is 0 Å². The lowest BCUT2D eigenvalue weighted by molar-refractivity contribution is -0.128. The Labute approximate surface area is 219 Å². The number of ether oxygens (including phenoxy) is 1. The summed E-state index contributed by atoms with van der Waals surface area (Å²) in [7, 11) is 0. The van der Waals surface area contributed by atoms with Gasteiger partial charge in [-0.3, -0.25) is 4.79 Å². The van der Waals surface area contributed by atoms with Gasteiger partial charge in [0.25, 0.3) is 0 Å². The minimum absolute atomic E-state index is 0.00325. The predicted molar refractivity (Wildman–Crippen MR) is 142 cm³/mol. The van der Waals surface area contributed by atoms with E-state index in [2.05, 4.69) is 26.0 Å². The number of fused-ring (bicyclic) bond motifs is 5. The van der Waals surface area contributed by atoms with Gasteiger partial charge in [0.2, 0.25) is 0 Å². The lowest BCUT2D eigenvalue weighted by Crippen LogP contribution is -2.51. The molecule has 0 radical (unpaired) electrons. The molecular weight excluding hydrogens is 446 g/mol. The van der Waals surface area contributed by atoms with Gasteiger partial charge in [0.15, 0.2) is 0 Å². The largest absolute Gasteiger partial charge is 0.393 e. The molecule has 6 rings (SSSR count). The van der Waals surface area contributed by atoms with Gasteiger partial charge in [-0.2, -0.15) is 5.26 Å². The van der Waals surface area contributed by atoms with E-state index < -0.39 is 0 Å². The Kier molecular flexibility index (Phi) is 7.73. The van der Waals surface area contributed by atoms with Crippen LogP contribution < -0.4 is 0 Å². The first-order valence-corrected chi connectivity index (χ1v) is 15.2. The number of ketones is 1. The molecule has 36 heavy (non-hydrogen) atoms. The maximum atomic E-state index is 12.4. The van der Waals surface area contributed by atoms with Crippen LogP contribution in [-0.2, 0) is 9.53 Å². The monoisotopic (exact) mass is 495 g/mol. The van der Waals surface area contributed by atoms with Crippen LogP contribution in [0.2, 0.25) is 0 Å². The second kappa shape index (κ2) is 10.5. The molecule has 0 amide bonds. The first-order valence-electron chi connectivity index (χ1n) is 15.2. The van der Waals surface area contributed by atoms with Crippen molar-refractivity contribution in [3.63, 3.8) is 0 Å². The fraction of sp³-hybridized carbons (Fsp3) is 0.875. The van der Waals surface area contributed by atoms with Crippen molar-refractivity contribution >= 4 is 5.78 Å². The van der Waals surface area contributed by atoms with Crippen molar-refractivity contribution in [2.24, 2.45) is 40.4 Å². The summed E-state index contributed by atoms with van der Waals surface area (Å²) in [4.78, 5) is 12.4. The van der Waals surface area contributed by atoms with E-state index in [0.29, 0.717) is 30.0 Å². The van der Waals surface area contributed by atoms with Gasteiger partial charge in [0.1, 0.15) is 5.78 Å². The summed E-state index contributed by atoms with van der Waals surface area (Å²) in [6.45, 7) is 6.41. The van der Waals surface area contributed by atoms with Crippen molar-refractivity contribution in [3.8, 4) is 6.07 Å². The molecule has 5 saturated carbocycles. The summed E-state index contributed by atoms with van der Waals surface area (Å²) in [5.74, 6) is 1.79. The lowest BCUT2D eigenvalue weighted by Gasteiger charge is -2.57. The smallest absolute Gasteiger partial charge is 0.134 e. The van der Waals surface area contributed by atoms with Crippen molar-refractivity contribution < 1.29 is 14.6 Å². The third-order valence-corrected chi connectivity index (χ3v) is 11.7. The average molecular weight is 496 g/mol. The Hall–Kier alpha value is -1.18. The molecule has 8 atom stereocenters. The van der Waals surface area contributed by atoms with Gasteiger partial charge in [-0.05, 0) is 106 Å². The van der Waals surface area contributed by atoms with Gasteiger partial charge in [-0.1, -0.05) is 51.2 Å². The highest BCUT2D eigenvalue weighted by Gasteiger charge is 2.62. The lowest BCUT2D eigenvalue weighted by atomic mass is 9.47. The third-order valence-electron chi connectivity index (χ3n) is 11.7. The van der Waals surface area contributed by atoms with Crippen LogP contribution in [0.3, 0.4) is 0 Å². The SMILES string of the molecule is C1CCC(OC2CCCC2)C1.CC(=O)[C@H]1C(C#N)C[C@H]2[C@@H]3CC=C4CC(O)CC[C@]4(C)[C@H]3CC[C@]12C. The number of hydrogen-bond acceptors (Lipinski definition) is 4. The zero-order valence-electron chi connectivity index (χ0n) is 23.0. The minimum atomic E-state index is -0.165. The Morgan fingerprint density at radius 3 is 2.22 bits per heavy atom. The molecule has 0 aromatic carbocycles. The Morgan fingerprint density at radius 2 is 1.64 bits per heavy atom. The second-order valence-corrected chi connectivity index (χ2v) is 13.7. The Bertz CT molecular complexity index is 864. The number of carbonyl (C=O) groups is 1. The molecule has 0 aromatic rings. The van der Waals surface area contributed by atoms with E-state index in [0.717, 1.165) is 38.5 Å². The molecule has 0 heterocycles. The van der Waals surface area contributed by atoms with E-state index in [4.69, 9.17) is 4.74 Å². The number of nitrogens with zero attached hydrogens (tertiary/aromatic N) is 1. The van der Waals surface area contributed by atoms with Crippen molar-refractivity contribution in [2.75, 3.05) is 0 Å². The van der Waals surface area contributed by atoms with Crippen LogP contribution in [0.1, 0.15) is 117 Å². The summed E-state index contributed by atoms with van der Waals surface area (Å²) in [6, 6.07) is 2.47. The molecule has 0 aromatic heterocycles. The van der Waals surface area contributed by atoms with Crippen LogP contribution in [0.5, 0.6) is 0 Å². The number of Topliss-reactive ketones (excluding diaryl/α,β-unsaturated/α-hetero) is 1. The molecule has 1 N–H and O–H groups in total. The summed E-state index contributed by atoms with van der Waals surface area (Å²) in [5.41, 5.74) is 1.71. The predicted octanol–water partition coefficient (Wildman–Crippen LogP) is 7.15. The van der Waals surface area contributed by atoms with Crippen LogP contribution in [0, 0.1) is 51.8 Å². The first-order chi connectivity index (χ1) is 17.3. The molecule has 4 heteroatoms. The maximum Gasteiger partial charge on any atom is 0.134 e. The van der Waals surface area contributed by atoms with Gasteiger partial charge >= 0.3 is 0 Å². The summed E-state index contributed by atoms with van der Waals surface area (Å²) in [5, 5.41) is 19.8. The molecule has 2 unspecified atom stereocenters. The van der Waals surface area contributed by atoms with E-state index >= 15 is 0 Å². The molecule has 5 fully saturated rings. The maximum absolute atomic E-state index is 12.4. The van der Waals surface area contributed by atoms with Gasteiger partial charge in [-0.15, -0.1) is 0 Å². The van der Waals surface area contributed by atoms with Crippen LogP contribution in [0.15, 0.2) is 11.6 Å². The highest BCUT2D eigenvalue weighted by Crippen LogP contribution is 2.67. The zero-order valence-corrected chi connectivity index (χ0v) is 23.0. The van der Waals surface area contributed by atoms with Gasteiger partial charge in [0.05, 0.1) is 30.3 Å². The molecule has 0 spiro atoms. The molecule has 0 bridgehead atoms. The molecule has 6 aliphatic carbocycles. The third kappa shape index (κ3) is 4.73. The number of carbonyl (C=O) groups excluding carboxylic acids is 1. The average Bonchev–Trinajstić information content (AvgIpc) is 3.60. The fourth-order valence-corrected chi connectivity index (χ4v) is 9.88. The summed E-state index contributed by atoms with van der Waals surface area (Å²) in [6.07, 6.45) is 21.5. The van der Waals surface area contributed by atoms with Crippen molar-refractivity contribution in [1.29, 1.82) is 5.26 Å².